The molecule has 0 amide bonds. The molecule has 1 rings (SSSR count). The molecule has 0 radical (unpaired) electrons. The van der Waals surface area contributed by atoms with Crippen LogP contribution >= 0.6 is 15.9 Å². The molecule has 1 atom stereocenters. The van der Waals surface area contributed by atoms with Crippen LogP contribution in [-0.2, 0) is 9.47 Å². The van der Waals surface area contributed by atoms with Crippen LogP contribution in [0.3, 0.4) is 0 Å². The number of nitrogens with one attached hydrogen (secondary N) is 1. The van der Waals surface area contributed by atoms with Crippen molar-refractivity contribution < 1.29 is 9.47 Å². The van der Waals surface area contributed by atoms with Crippen molar-refractivity contribution in [1.82, 2.24) is 0 Å². The lowest BCUT2D eigenvalue weighted by Gasteiger charge is -2.33. The first kappa shape index (κ1) is 16.4. The fourth-order valence-corrected chi connectivity index (χ4v) is 2.58. The molecule has 0 fully saturated rings. The second-order valence-electron chi connectivity index (χ2n) is 5.01. The third-order valence-corrected chi connectivity index (χ3v) is 3.54. The highest BCUT2D eigenvalue weighted by Crippen LogP contribution is 2.24. The molecule has 3 N–H and O–H groups in total. The van der Waals surface area contributed by atoms with Gasteiger partial charge in [-0.2, -0.15) is 0 Å². The Morgan fingerprint density at radius 2 is 1.95 bits per heavy atom. The highest BCUT2D eigenvalue weighted by Gasteiger charge is 2.27. The number of nitrogens with two attached hydrogens (primary N) is 1. The van der Waals surface area contributed by atoms with E-state index in [0.29, 0.717) is 13.0 Å². The van der Waals surface area contributed by atoms with Gasteiger partial charge in [0.15, 0.2) is 6.29 Å². The van der Waals surface area contributed by atoms with Crippen molar-refractivity contribution in [2.75, 3.05) is 26.1 Å². The van der Waals surface area contributed by atoms with E-state index in [1.807, 2.05) is 6.07 Å². The van der Waals surface area contributed by atoms with Crippen LogP contribution in [0, 0.1) is 6.92 Å². The van der Waals surface area contributed by atoms with Crippen LogP contribution in [0.15, 0.2) is 22.7 Å². The van der Waals surface area contributed by atoms with E-state index >= 15 is 0 Å². The van der Waals surface area contributed by atoms with E-state index in [1.165, 1.54) is 5.56 Å². The zero-order valence-corrected chi connectivity index (χ0v) is 13.6. The molecule has 0 aromatic heterocycles. The largest absolute Gasteiger partial charge is 0.378 e. The first-order chi connectivity index (χ1) is 8.92. The summed E-state index contributed by atoms with van der Waals surface area (Å²) in [5.41, 5.74) is 7.84. The Bertz CT molecular complexity index is 390. The number of halogens is 1. The van der Waals surface area contributed by atoms with Crippen LogP contribution in [0.4, 0.5) is 5.69 Å². The first-order valence-electron chi connectivity index (χ1n) is 6.23. The van der Waals surface area contributed by atoms with Crippen molar-refractivity contribution in [2.45, 2.75) is 32.1 Å². The molecule has 1 aromatic rings. The van der Waals surface area contributed by atoms with E-state index in [4.69, 9.17) is 15.2 Å². The zero-order valence-electron chi connectivity index (χ0n) is 12.0. The maximum atomic E-state index is 5.90. The number of anilines is 1. The second kappa shape index (κ2) is 7.24. The molecular formula is C14H23BrN2O2. The van der Waals surface area contributed by atoms with Gasteiger partial charge in [0, 0.05) is 37.3 Å². The Kier molecular flexibility index (Phi) is 6.26. The SMILES string of the molecule is COC(CC(C)(CN)Nc1cc(C)cc(Br)c1)OC. The molecule has 0 aliphatic heterocycles. The summed E-state index contributed by atoms with van der Waals surface area (Å²) in [6.07, 6.45) is 0.400. The van der Waals surface area contributed by atoms with E-state index in [2.05, 4.69) is 47.2 Å². The van der Waals surface area contributed by atoms with Crippen molar-refractivity contribution in [3.05, 3.63) is 28.2 Å². The average Bonchev–Trinajstić information content (AvgIpc) is 2.34. The second-order valence-corrected chi connectivity index (χ2v) is 5.93. The molecule has 1 unspecified atom stereocenters. The molecule has 108 valence electrons. The van der Waals surface area contributed by atoms with Crippen molar-refractivity contribution in [3.63, 3.8) is 0 Å². The molecule has 0 bridgehead atoms. The Morgan fingerprint density at radius 1 is 1.32 bits per heavy atom. The average molecular weight is 331 g/mol. The van der Waals surface area contributed by atoms with Crippen LogP contribution in [0.1, 0.15) is 18.9 Å². The molecule has 5 heteroatoms. The van der Waals surface area contributed by atoms with Gasteiger partial charge in [0.2, 0.25) is 0 Å². The Hall–Kier alpha value is -0.620. The summed E-state index contributed by atoms with van der Waals surface area (Å²) in [6.45, 7) is 4.61. The van der Waals surface area contributed by atoms with Gasteiger partial charge in [0.05, 0.1) is 5.54 Å². The Morgan fingerprint density at radius 3 is 2.42 bits per heavy atom. The number of rotatable bonds is 7. The van der Waals surface area contributed by atoms with Gasteiger partial charge in [-0.05, 0) is 37.6 Å². The summed E-state index contributed by atoms with van der Waals surface area (Å²) >= 11 is 3.50. The maximum absolute atomic E-state index is 5.90. The van der Waals surface area contributed by atoms with Crippen LogP contribution in [-0.4, -0.2) is 32.6 Å². The molecule has 4 nitrogen and oxygen atoms in total. The summed E-state index contributed by atoms with van der Waals surface area (Å²) < 4.78 is 11.6. The minimum absolute atomic E-state index is 0.269. The maximum Gasteiger partial charge on any atom is 0.159 e. The molecule has 0 aliphatic rings. The molecule has 0 spiro atoms. The molecule has 0 aliphatic carbocycles. The summed E-state index contributed by atoms with van der Waals surface area (Å²) in [5, 5.41) is 3.47. The smallest absolute Gasteiger partial charge is 0.159 e. The van der Waals surface area contributed by atoms with Crippen LogP contribution in [0.5, 0.6) is 0 Å². The topological polar surface area (TPSA) is 56.5 Å². The van der Waals surface area contributed by atoms with Gasteiger partial charge in [0.1, 0.15) is 0 Å². The number of methoxy groups -OCH3 is 2. The van der Waals surface area contributed by atoms with Crippen LogP contribution < -0.4 is 11.1 Å². The minimum atomic E-state index is -0.288. The van der Waals surface area contributed by atoms with Crippen LogP contribution in [0.25, 0.3) is 0 Å². The van der Waals surface area contributed by atoms with Gasteiger partial charge in [0.25, 0.3) is 0 Å². The minimum Gasteiger partial charge on any atom is -0.378 e. The highest BCUT2D eigenvalue weighted by atomic mass is 79.9. The molecular weight excluding hydrogens is 308 g/mol. The number of hydrogen-bond donors (Lipinski definition) is 2. The van der Waals surface area contributed by atoms with Gasteiger partial charge in [-0.15, -0.1) is 0 Å². The molecule has 0 saturated carbocycles. The van der Waals surface area contributed by atoms with Gasteiger partial charge >= 0.3 is 0 Å². The lowest BCUT2D eigenvalue weighted by molar-refractivity contribution is -0.113. The van der Waals surface area contributed by atoms with E-state index < -0.39 is 0 Å². The molecule has 1 aromatic carbocycles. The third kappa shape index (κ3) is 5.10. The van der Waals surface area contributed by atoms with Crippen molar-refractivity contribution in [2.24, 2.45) is 5.73 Å². The standard InChI is InChI=1S/C14H23BrN2O2/c1-10-5-11(15)7-12(6-10)17-14(2,9-16)8-13(18-3)19-4/h5-7,13,17H,8-9,16H2,1-4H3. The summed E-state index contributed by atoms with van der Waals surface area (Å²) in [6, 6.07) is 6.20. The third-order valence-electron chi connectivity index (χ3n) is 3.08. The number of aryl methyl sites for hydroxylation is 1. The fourth-order valence-electron chi connectivity index (χ4n) is 1.97. The Labute approximate surface area is 123 Å². The predicted molar refractivity (Wildman–Crippen MR) is 82.4 cm³/mol. The van der Waals surface area contributed by atoms with Crippen molar-refractivity contribution in [3.8, 4) is 0 Å². The molecule has 19 heavy (non-hydrogen) atoms. The van der Waals surface area contributed by atoms with Crippen molar-refractivity contribution in [1.29, 1.82) is 0 Å². The highest BCUT2D eigenvalue weighted by molar-refractivity contribution is 9.10. The zero-order chi connectivity index (χ0) is 14.5. The lowest BCUT2D eigenvalue weighted by atomic mass is 9.96. The quantitative estimate of drug-likeness (QED) is 0.755. The van der Waals surface area contributed by atoms with Crippen LogP contribution in [0.2, 0.25) is 0 Å². The summed E-state index contributed by atoms with van der Waals surface area (Å²) in [5.74, 6) is 0. The summed E-state index contributed by atoms with van der Waals surface area (Å²) in [4.78, 5) is 0. The van der Waals surface area contributed by atoms with E-state index in [0.717, 1.165) is 10.2 Å². The molecule has 0 saturated heterocycles. The van der Waals surface area contributed by atoms with Crippen molar-refractivity contribution >= 4 is 21.6 Å². The van der Waals surface area contributed by atoms with E-state index in [9.17, 15) is 0 Å². The lowest BCUT2D eigenvalue weighted by Crippen LogP contribution is -2.46. The Balaban J connectivity index is 2.84. The fraction of sp³-hybridized carbons (Fsp3) is 0.571. The normalized spacial score (nSPS) is 14.5. The number of hydrogen-bond acceptors (Lipinski definition) is 4. The number of ether oxygens (including phenoxy) is 2. The predicted octanol–water partition coefficient (Wildman–Crippen LogP) is 2.90. The van der Waals surface area contributed by atoms with Gasteiger partial charge < -0.3 is 20.5 Å². The first-order valence-corrected chi connectivity index (χ1v) is 7.03. The number of benzene rings is 1. The molecule has 0 heterocycles. The van der Waals surface area contributed by atoms with Gasteiger partial charge in [-0.25, -0.2) is 0 Å². The van der Waals surface area contributed by atoms with E-state index in [-0.39, 0.29) is 11.8 Å². The summed E-state index contributed by atoms with van der Waals surface area (Å²) in [7, 11) is 3.27. The van der Waals surface area contributed by atoms with Gasteiger partial charge in [-0.3, -0.25) is 0 Å². The monoisotopic (exact) mass is 330 g/mol. The van der Waals surface area contributed by atoms with Gasteiger partial charge in [-0.1, -0.05) is 15.9 Å². The van der Waals surface area contributed by atoms with E-state index in [1.54, 1.807) is 14.2 Å².